The molecule has 1 aromatic carbocycles. The minimum atomic E-state index is -0.214. The van der Waals surface area contributed by atoms with Crippen molar-refractivity contribution in [3.05, 3.63) is 41.7 Å². The van der Waals surface area contributed by atoms with Crippen molar-refractivity contribution in [1.29, 1.82) is 0 Å². The number of nitrogens with two attached hydrogens (primary N) is 1. The Hall–Kier alpha value is -2.76. The number of aromatic amines is 2. The van der Waals surface area contributed by atoms with Gasteiger partial charge < -0.3 is 16.0 Å². The Morgan fingerprint density at radius 1 is 1.33 bits per heavy atom. The number of H-pyrrole nitrogens is 2. The van der Waals surface area contributed by atoms with Crippen LogP contribution in [0.3, 0.4) is 0 Å². The van der Waals surface area contributed by atoms with Crippen LogP contribution < -0.4 is 11.1 Å². The van der Waals surface area contributed by atoms with Crippen LogP contribution in [0.15, 0.2) is 30.5 Å². The number of benzene rings is 1. The summed E-state index contributed by atoms with van der Waals surface area (Å²) in [6, 6.07) is 7.27. The van der Waals surface area contributed by atoms with Gasteiger partial charge in [-0.3, -0.25) is 9.89 Å². The molecule has 5 N–H and O–H groups in total. The molecule has 6 heteroatoms. The molecule has 1 amide bonds. The van der Waals surface area contributed by atoms with E-state index in [1.807, 2.05) is 12.1 Å². The molecule has 0 fully saturated rings. The maximum Gasteiger partial charge on any atom is 0.259 e. The van der Waals surface area contributed by atoms with E-state index in [4.69, 9.17) is 5.73 Å². The van der Waals surface area contributed by atoms with Gasteiger partial charge in [0.1, 0.15) is 0 Å². The Kier molecular flexibility index (Phi) is 3.13. The molecule has 0 saturated carbocycles. The van der Waals surface area contributed by atoms with Gasteiger partial charge in [-0.2, -0.15) is 5.10 Å². The van der Waals surface area contributed by atoms with E-state index in [9.17, 15) is 4.79 Å². The second kappa shape index (κ2) is 4.97. The van der Waals surface area contributed by atoms with Crippen LogP contribution in [0.1, 0.15) is 35.8 Å². The summed E-state index contributed by atoms with van der Waals surface area (Å²) in [5, 5.41) is 10.6. The van der Waals surface area contributed by atoms with Crippen molar-refractivity contribution in [2.75, 3.05) is 11.1 Å². The lowest BCUT2D eigenvalue weighted by Gasteiger charge is -2.01. The van der Waals surface area contributed by atoms with Gasteiger partial charge in [-0.15, -0.1) is 0 Å². The number of amides is 1. The Bertz CT molecular complexity index is 799. The number of hydrogen-bond donors (Lipinski definition) is 4. The first kappa shape index (κ1) is 13.2. The highest BCUT2D eigenvalue weighted by Gasteiger charge is 2.14. The smallest absolute Gasteiger partial charge is 0.259 e. The zero-order valence-corrected chi connectivity index (χ0v) is 11.9. The summed E-state index contributed by atoms with van der Waals surface area (Å²) in [5.41, 5.74) is 8.80. The molecule has 0 aliphatic heterocycles. The summed E-state index contributed by atoms with van der Waals surface area (Å²) in [5.74, 6) is 0.631. The predicted octanol–water partition coefficient (Wildman–Crippen LogP) is 2.85. The molecule has 0 bridgehead atoms. The molecule has 0 unspecified atom stereocenters. The molecule has 2 aromatic heterocycles. The number of nitrogens with zero attached hydrogens (tertiary/aromatic N) is 1. The number of carbonyl (C=O) groups is 1. The standard InChI is InChI=1S/C15H17N5O/c1-8(2)13-6-14(20-19-13)18-15(21)11-7-17-12-4-3-9(16)5-10(11)12/h3-8,17H,16H2,1-2H3,(H2,18,19,20,21). The van der Waals surface area contributed by atoms with E-state index in [1.54, 1.807) is 18.3 Å². The molecule has 3 aromatic rings. The van der Waals surface area contributed by atoms with Crippen LogP contribution >= 0.6 is 0 Å². The minimum Gasteiger partial charge on any atom is -0.399 e. The molecular weight excluding hydrogens is 266 g/mol. The summed E-state index contributed by atoms with van der Waals surface area (Å²) in [7, 11) is 0. The number of nitrogens with one attached hydrogen (secondary N) is 3. The number of fused-ring (bicyclic) bond motifs is 1. The second-order valence-electron chi connectivity index (χ2n) is 5.32. The van der Waals surface area contributed by atoms with Gasteiger partial charge in [0.25, 0.3) is 5.91 Å². The molecule has 0 saturated heterocycles. The largest absolute Gasteiger partial charge is 0.399 e. The van der Waals surface area contributed by atoms with Crippen LogP contribution in [0.4, 0.5) is 11.5 Å². The molecular formula is C15H17N5O. The third kappa shape index (κ3) is 2.47. The first-order chi connectivity index (χ1) is 10.0. The van der Waals surface area contributed by atoms with E-state index in [1.165, 1.54) is 0 Å². The van der Waals surface area contributed by atoms with Crippen LogP contribution in [0, 0.1) is 0 Å². The number of anilines is 2. The summed E-state index contributed by atoms with van der Waals surface area (Å²) < 4.78 is 0. The molecule has 2 heterocycles. The van der Waals surface area contributed by atoms with Crippen molar-refractivity contribution in [3.63, 3.8) is 0 Å². The number of rotatable bonds is 3. The molecule has 0 radical (unpaired) electrons. The van der Waals surface area contributed by atoms with Crippen LogP contribution in [0.2, 0.25) is 0 Å². The lowest BCUT2D eigenvalue weighted by Crippen LogP contribution is -2.11. The van der Waals surface area contributed by atoms with E-state index in [0.29, 0.717) is 23.0 Å². The van der Waals surface area contributed by atoms with Crippen molar-refractivity contribution >= 4 is 28.3 Å². The van der Waals surface area contributed by atoms with Gasteiger partial charge in [-0.05, 0) is 24.1 Å². The van der Waals surface area contributed by atoms with Crippen molar-refractivity contribution in [2.45, 2.75) is 19.8 Å². The third-order valence-electron chi connectivity index (χ3n) is 3.41. The summed E-state index contributed by atoms with van der Waals surface area (Å²) in [6.07, 6.45) is 1.68. The maximum absolute atomic E-state index is 12.4. The van der Waals surface area contributed by atoms with Crippen LogP contribution in [-0.4, -0.2) is 21.1 Å². The van der Waals surface area contributed by atoms with Crippen molar-refractivity contribution in [1.82, 2.24) is 15.2 Å². The number of nitrogen functional groups attached to an aromatic ring is 1. The lowest BCUT2D eigenvalue weighted by molar-refractivity contribution is 0.102. The SMILES string of the molecule is CC(C)c1cc(NC(=O)c2c[nH]c3ccc(N)cc23)n[nH]1. The molecule has 6 nitrogen and oxygen atoms in total. The molecule has 0 atom stereocenters. The highest BCUT2D eigenvalue weighted by atomic mass is 16.1. The van der Waals surface area contributed by atoms with Gasteiger partial charge in [-0.25, -0.2) is 0 Å². The Balaban J connectivity index is 1.88. The molecule has 21 heavy (non-hydrogen) atoms. The van der Waals surface area contributed by atoms with Crippen LogP contribution in [-0.2, 0) is 0 Å². The van der Waals surface area contributed by atoms with Crippen molar-refractivity contribution in [3.8, 4) is 0 Å². The van der Waals surface area contributed by atoms with Crippen molar-refractivity contribution < 1.29 is 4.79 Å². The average Bonchev–Trinajstić information content (AvgIpc) is 3.04. The van der Waals surface area contributed by atoms with Crippen LogP contribution in [0.5, 0.6) is 0 Å². The number of aromatic nitrogens is 3. The van der Waals surface area contributed by atoms with E-state index >= 15 is 0 Å². The summed E-state index contributed by atoms with van der Waals surface area (Å²) >= 11 is 0. The van der Waals surface area contributed by atoms with Gasteiger partial charge in [0.05, 0.1) is 5.56 Å². The third-order valence-corrected chi connectivity index (χ3v) is 3.41. The van der Waals surface area contributed by atoms with Crippen molar-refractivity contribution in [2.24, 2.45) is 0 Å². The first-order valence-corrected chi connectivity index (χ1v) is 6.78. The molecule has 0 aliphatic carbocycles. The van der Waals surface area contributed by atoms with E-state index in [-0.39, 0.29) is 5.91 Å². The number of hydrogen-bond acceptors (Lipinski definition) is 3. The topological polar surface area (TPSA) is 99.6 Å². The van der Waals surface area contributed by atoms with Gasteiger partial charge in [0.2, 0.25) is 0 Å². The fourth-order valence-corrected chi connectivity index (χ4v) is 2.21. The quantitative estimate of drug-likeness (QED) is 0.556. The highest BCUT2D eigenvalue weighted by Crippen LogP contribution is 2.22. The van der Waals surface area contributed by atoms with Crippen LogP contribution in [0.25, 0.3) is 10.9 Å². The molecule has 0 aliphatic rings. The predicted molar refractivity (Wildman–Crippen MR) is 83.3 cm³/mol. The Morgan fingerprint density at radius 2 is 2.14 bits per heavy atom. The minimum absolute atomic E-state index is 0.214. The molecule has 3 rings (SSSR count). The Morgan fingerprint density at radius 3 is 2.86 bits per heavy atom. The van der Waals surface area contributed by atoms with E-state index in [2.05, 4.69) is 34.3 Å². The fraction of sp³-hybridized carbons (Fsp3) is 0.200. The van der Waals surface area contributed by atoms with Gasteiger partial charge >= 0.3 is 0 Å². The normalized spacial score (nSPS) is 11.2. The second-order valence-corrected chi connectivity index (χ2v) is 5.32. The Labute approximate surface area is 121 Å². The molecule has 0 spiro atoms. The number of carbonyl (C=O) groups excluding carboxylic acids is 1. The zero-order chi connectivity index (χ0) is 15.0. The average molecular weight is 283 g/mol. The monoisotopic (exact) mass is 283 g/mol. The lowest BCUT2D eigenvalue weighted by atomic mass is 10.1. The van der Waals surface area contributed by atoms with Gasteiger partial charge in [0.15, 0.2) is 5.82 Å². The highest BCUT2D eigenvalue weighted by molar-refractivity contribution is 6.12. The fourth-order valence-electron chi connectivity index (χ4n) is 2.21. The first-order valence-electron chi connectivity index (χ1n) is 6.78. The summed E-state index contributed by atoms with van der Waals surface area (Å²) in [6.45, 7) is 4.11. The van der Waals surface area contributed by atoms with Gasteiger partial charge in [-0.1, -0.05) is 13.8 Å². The zero-order valence-electron chi connectivity index (χ0n) is 11.9. The molecule has 108 valence electrons. The van der Waals surface area contributed by atoms with Gasteiger partial charge in [0, 0.05) is 34.5 Å². The van der Waals surface area contributed by atoms with E-state index < -0.39 is 0 Å². The van der Waals surface area contributed by atoms with E-state index in [0.717, 1.165) is 16.6 Å². The maximum atomic E-state index is 12.4. The summed E-state index contributed by atoms with van der Waals surface area (Å²) in [4.78, 5) is 15.4.